The molecule has 0 aliphatic carbocycles. The van der Waals surface area contributed by atoms with Gasteiger partial charge in [-0.1, -0.05) is 48.4 Å². The topological polar surface area (TPSA) is 215 Å². The third-order valence-electron chi connectivity index (χ3n) is 7.05. The number of aryl methyl sites for hydroxylation is 4. The minimum atomic E-state index is -0.181. The van der Waals surface area contributed by atoms with Crippen molar-refractivity contribution in [3.8, 4) is 18.0 Å². The molecule has 6 aromatic rings. The molecule has 6 rings (SSSR count). The van der Waals surface area contributed by atoms with Crippen molar-refractivity contribution in [2.24, 2.45) is 11.3 Å². The molecule has 0 saturated heterocycles. The molecule has 0 spiro atoms. The van der Waals surface area contributed by atoms with Crippen LogP contribution in [0.15, 0.2) is 78.5 Å². The number of benzene rings is 3. The van der Waals surface area contributed by atoms with E-state index in [9.17, 15) is 14.5 Å². The molecule has 0 saturated carbocycles. The van der Waals surface area contributed by atoms with E-state index in [0.29, 0.717) is 12.5 Å². The van der Waals surface area contributed by atoms with Crippen molar-refractivity contribution in [1.29, 1.82) is 0 Å². The smallest absolute Gasteiger partial charge is 1.00 e. The minimum Gasteiger partial charge on any atom is -1.00 e. The normalized spacial score (nSPS) is 9.23. The molecule has 0 unspecified atom stereocenters. The van der Waals surface area contributed by atoms with Crippen LogP contribution in [0, 0.1) is 50.9 Å². The SMILES string of the molecule is C#CC.CC(=O)n1ncc2cc(-n3cc(C)nn3)ccc21.CC(=O)n1ncc2cc(C)ccc21.CC(C)CCON=O.Cc1ccc(N)c(C)c1.O=CO[O-].[H-].[Na+].[Na+]. The van der Waals surface area contributed by atoms with Crippen LogP contribution in [0.4, 0.5) is 5.69 Å². The van der Waals surface area contributed by atoms with Gasteiger partial charge in [-0.15, -0.1) is 22.3 Å². The van der Waals surface area contributed by atoms with Crippen molar-refractivity contribution in [2.75, 3.05) is 12.3 Å². The molecule has 0 aliphatic rings. The second-order valence-electron chi connectivity index (χ2n) is 12.2. The van der Waals surface area contributed by atoms with Crippen LogP contribution < -0.4 is 70.1 Å². The molecule has 0 bridgehead atoms. The van der Waals surface area contributed by atoms with Gasteiger partial charge in [0.15, 0.2) is 5.34 Å². The van der Waals surface area contributed by atoms with Crippen LogP contribution in [0.3, 0.4) is 0 Å². The maximum absolute atomic E-state index is 11.4. The van der Waals surface area contributed by atoms with Gasteiger partial charge in [0.05, 0.1) is 41.0 Å². The van der Waals surface area contributed by atoms with Crippen molar-refractivity contribution in [2.45, 2.75) is 68.7 Å². The number of nitrogen functional groups attached to an aromatic ring is 1. The first-order chi connectivity index (χ1) is 26.1. The molecule has 3 heterocycles. The number of nitrogens with two attached hydrogens (primary N) is 1. The molecular weight excluding hydrogens is 752 g/mol. The average molecular weight is 802 g/mol. The number of terminal acetylenes is 1. The summed E-state index contributed by atoms with van der Waals surface area (Å²) in [6.45, 7) is 17.0. The van der Waals surface area contributed by atoms with Crippen molar-refractivity contribution in [3.63, 3.8) is 0 Å². The molecular formula is C39H49N9Na2O7. The summed E-state index contributed by atoms with van der Waals surface area (Å²) in [5.41, 5.74) is 13.5. The Morgan fingerprint density at radius 1 is 0.930 bits per heavy atom. The van der Waals surface area contributed by atoms with E-state index in [2.05, 4.69) is 74.8 Å². The first-order valence-electron chi connectivity index (χ1n) is 16.8. The first kappa shape index (κ1) is 54.4. The monoisotopic (exact) mass is 801 g/mol. The zero-order chi connectivity index (χ0) is 41.5. The Hall–Kier alpha value is -4.73. The molecule has 16 nitrogen and oxygen atoms in total. The van der Waals surface area contributed by atoms with E-state index in [-0.39, 0.29) is 78.8 Å². The third kappa shape index (κ3) is 19.8. The Bertz CT molecular complexity index is 2180. The zero-order valence-electron chi connectivity index (χ0n) is 35.6. The molecule has 0 fully saturated rings. The van der Waals surface area contributed by atoms with E-state index >= 15 is 0 Å². The van der Waals surface area contributed by atoms with Crippen molar-refractivity contribution >= 4 is 45.8 Å². The Morgan fingerprint density at radius 3 is 1.84 bits per heavy atom. The number of fused-ring (bicyclic) bond motifs is 2. The fourth-order valence-electron chi connectivity index (χ4n) is 4.44. The van der Waals surface area contributed by atoms with Gasteiger partial charge in [-0.3, -0.25) is 14.4 Å². The fraction of sp³-hybridized carbons (Fsp3) is 0.308. The van der Waals surface area contributed by atoms with Crippen LogP contribution in [0.5, 0.6) is 0 Å². The third-order valence-corrected chi connectivity index (χ3v) is 7.05. The molecule has 57 heavy (non-hydrogen) atoms. The van der Waals surface area contributed by atoms with E-state index in [4.69, 9.17) is 15.8 Å². The maximum atomic E-state index is 11.4. The summed E-state index contributed by atoms with van der Waals surface area (Å²) in [7, 11) is 0. The van der Waals surface area contributed by atoms with E-state index in [0.717, 1.165) is 50.9 Å². The van der Waals surface area contributed by atoms with Gasteiger partial charge in [-0.2, -0.15) is 10.2 Å². The predicted molar refractivity (Wildman–Crippen MR) is 211 cm³/mol. The molecule has 0 atom stereocenters. The Kier molecular flexibility index (Phi) is 28.1. The summed E-state index contributed by atoms with van der Waals surface area (Å²) in [5.74, 6) is 2.67. The Balaban J connectivity index is -0.000000675. The van der Waals surface area contributed by atoms with E-state index in [1.54, 1.807) is 24.0 Å². The van der Waals surface area contributed by atoms with Gasteiger partial charge in [0.1, 0.15) is 6.61 Å². The van der Waals surface area contributed by atoms with Gasteiger partial charge in [0.2, 0.25) is 11.8 Å². The van der Waals surface area contributed by atoms with Gasteiger partial charge < -0.3 is 22.1 Å². The zero-order valence-corrected chi connectivity index (χ0v) is 38.6. The summed E-state index contributed by atoms with van der Waals surface area (Å²) < 4.78 is 4.49. The molecule has 0 aliphatic heterocycles. The maximum Gasteiger partial charge on any atom is 1.00 e. The van der Waals surface area contributed by atoms with Gasteiger partial charge in [0, 0.05) is 30.3 Å². The number of carbonyl (C=O) groups is 3. The number of carbonyl (C=O) groups excluding carboxylic acids is 3. The molecule has 3 aromatic heterocycles. The summed E-state index contributed by atoms with van der Waals surface area (Å²) in [5, 5.41) is 28.6. The number of rotatable bonds is 6. The fourth-order valence-corrected chi connectivity index (χ4v) is 4.44. The van der Waals surface area contributed by atoms with Crippen LogP contribution in [0.2, 0.25) is 0 Å². The summed E-state index contributed by atoms with van der Waals surface area (Å²) >= 11 is 0. The molecule has 18 heteroatoms. The predicted octanol–water partition coefficient (Wildman–Crippen LogP) is 0.401. The van der Waals surface area contributed by atoms with Gasteiger partial charge in [-0.05, 0) is 88.9 Å². The summed E-state index contributed by atoms with van der Waals surface area (Å²) in [4.78, 5) is 47.2. The Morgan fingerprint density at radius 2 is 1.42 bits per heavy atom. The molecule has 294 valence electrons. The standard InChI is InChI=1S/C12H11N5O.C10H10N2O.C8H11N.C5H11NO2.C3H4.CH2O3.2Na.H/c1-8-7-16(15-14-8)11-3-4-12-10(5-11)6-13-17(12)9(2)18;1-7-3-4-10-9(5-7)6-11-12(10)8(2)13;1-6-3-4-8(9)7(2)5-6;1-5(2)3-4-8-6-7;1-3-2;2-1-4-3;;;/h3-7H,1-2H3;3-6H,1-2H3;3-5H,9H2,1-2H3;5H,3-4H2,1-2H3;1H,2H3;1,3H;;;/q;;;;;;2*+1;-1/p-1. The molecule has 3 aromatic carbocycles. The number of anilines is 1. The van der Waals surface area contributed by atoms with Gasteiger partial charge in [-0.25, -0.2) is 14.0 Å². The van der Waals surface area contributed by atoms with E-state index in [1.807, 2.05) is 75.5 Å². The van der Waals surface area contributed by atoms with E-state index in [1.165, 1.54) is 34.3 Å². The van der Waals surface area contributed by atoms with Crippen LogP contribution >= 0.6 is 0 Å². The van der Waals surface area contributed by atoms with Crippen molar-refractivity contribution in [3.05, 3.63) is 100 Å². The van der Waals surface area contributed by atoms with E-state index < -0.39 is 0 Å². The average Bonchev–Trinajstić information content (AvgIpc) is 3.89. The minimum absolute atomic E-state index is 0. The van der Waals surface area contributed by atoms with Crippen molar-refractivity contribution in [1.82, 2.24) is 34.6 Å². The molecule has 2 N–H and O–H groups in total. The second kappa shape index (κ2) is 29.5. The number of nitrogens with zero attached hydrogens (tertiary/aromatic N) is 8. The quantitative estimate of drug-likeness (QED) is 0.0354. The van der Waals surface area contributed by atoms with Crippen LogP contribution in [-0.4, -0.2) is 59.4 Å². The number of aromatic nitrogens is 7. The second-order valence-corrected chi connectivity index (χ2v) is 12.2. The van der Waals surface area contributed by atoms with Gasteiger partial charge >= 0.3 is 59.1 Å². The van der Waals surface area contributed by atoms with Crippen LogP contribution in [0.1, 0.15) is 74.4 Å². The number of hydrogen-bond donors (Lipinski definition) is 1. The number of hydrogen-bond acceptors (Lipinski definition) is 13. The van der Waals surface area contributed by atoms with Gasteiger partial charge in [0.25, 0.3) is 6.47 Å². The largest absolute Gasteiger partial charge is 1.00 e. The van der Waals surface area contributed by atoms with Crippen molar-refractivity contribution < 1.29 is 89.9 Å². The first-order valence-corrected chi connectivity index (χ1v) is 16.8. The van der Waals surface area contributed by atoms with Crippen LogP contribution in [0.25, 0.3) is 27.5 Å². The molecule has 0 amide bonds. The summed E-state index contributed by atoms with van der Waals surface area (Å²) in [6.07, 6.45) is 10.7. The van der Waals surface area contributed by atoms with Crippen LogP contribution in [-0.2, 0) is 14.5 Å². The Labute approximate surface area is 378 Å². The molecule has 0 radical (unpaired) electrons. The summed E-state index contributed by atoms with van der Waals surface area (Å²) in [6, 6.07) is 17.6.